The number of methoxy groups -OCH3 is 1. The van der Waals surface area contributed by atoms with E-state index >= 15 is 0 Å². The molecule has 8 nitrogen and oxygen atoms in total. The van der Waals surface area contributed by atoms with Gasteiger partial charge in [0.15, 0.2) is 0 Å². The van der Waals surface area contributed by atoms with Crippen molar-refractivity contribution in [1.29, 1.82) is 0 Å². The summed E-state index contributed by atoms with van der Waals surface area (Å²) in [4.78, 5) is 29.9. The maximum Gasteiger partial charge on any atom is 0.301 e. The molecule has 0 radical (unpaired) electrons. The first-order chi connectivity index (χ1) is 13.4. The number of hydrogen-bond donors (Lipinski definition) is 1. The minimum absolute atomic E-state index is 0.311. The van der Waals surface area contributed by atoms with Gasteiger partial charge in [0.1, 0.15) is 18.8 Å². The number of rotatable bonds is 5. The number of carboxylic acid groups (broad SMARTS) is 1. The van der Waals surface area contributed by atoms with Crippen LogP contribution in [-0.4, -0.2) is 45.3 Å². The number of morpholine rings is 1. The van der Waals surface area contributed by atoms with Crippen LogP contribution in [0.1, 0.15) is 26.7 Å². The van der Waals surface area contributed by atoms with Gasteiger partial charge in [-0.25, -0.2) is 4.98 Å². The number of allylic oxidation sites excluding steroid dienone is 2. The van der Waals surface area contributed by atoms with Crippen LogP contribution >= 0.6 is 0 Å². The van der Waals surface area contributed by atoms with E-state index in [1.165, 1.54) is 0 Å². The van der Waals surface area contributed by atoms with Crippen molar-refractivity contribution in [3.05, 3.63) is 23.3 Å². The number of carbonyl (C=O) groups excluding carboxylic acids is 2. The average Bonchev–Trinajstić information content (AvgIpc) is 2.70. The highest BCUT2D eigenvalue weighted by Crippen LogP contribution is 2.35. The minimum atomic E-state index is -1.18. The van der Waals surface area contributed by atoms with Crippen molar-refractivity contribution in [2.45, 2.75) is 26.7 Å². The van der Waals surface area contributed by atoms with Gasteiger partial charge < -0.3 is 24.7 Å². The van der Waals surface area contributed by atoms with Gasteiger partial charge in [-0.05, 0) is 32.8 Å². The fraction of sp³-hybridized carbons (Fsp3) is 0.550. The summed E-state index contributed by atoms with van der Waals surface area (Å²) >= 11 is 0. The SMILES string of the molecule is COc1ccc(NC(=O)[C@@H]2CC(C)=C(C)C[C@@H]2C(=O)[O-])c(N2CCOCC2)[nH+]1. The Balaban J connectivity index is 1.85. The highest BCUT2D eigenvalue weighted by molar-refractivity contribution is 5.97. The molecule has 2 atom stereocenters. The summed E-state index contributed by atoms with van der Waals surface area (Å²) in [7, 11) is 1.57. The molecule has 0 unspecified atom stereocenters. The monoisotopic (exact) mass is 389 g/mol. The van der Waals surface area contributed by atoms with Crippen LogP contribution in [0.25, 0.3) is 0 Å². The van der Waals surface area contributed by atoms with E-state index in [2.05, 4.69) is 15.2 Å². The van der Waals surface area contributed by atoms with Crippen molar-refractivity contribution in [2.24, 2.45) is 11.8 Å². The summed E-state index contributed by atoms with van der Waals surface area (Å²) in [6.07, 6.45) is 0.764. The van der Waals surface area contributed by atoms with E-state index in [-0.39, 0.29) is 5.91 Å². The molecule has 28 heavy (non-hydrogen) atoms. The van der Waals surface area contributed by atoms with E-state index in [0.29, 0.717) is 50.7 Å². The fourth-order valence-electron chi connectivity index (χ4n) is 3.76. The zero-order chi connectivity index (χ0) is 20.3. The smallest absolute Gasteiger partial charge is 0.301 e. The van der Waals surface area contributed by atoms with Crippen molar-refractivity contribution in [1.82, 2.24) is 0 Å². The van der Waals surface area contributed by atoms with Crippen LogP contribution in [0, 0.1) is 11.8 Å². The Morgan fingerprint density at radius 3 is 2.43 bits per heavy atom. The number of hydrogen-bond acceptors (Lipinski definition) is 6. The molecule has 1 aliphatic heterocycles. The molecule has 2 heterocycles. The Bertz CT molecular complexity index is 786. The zero-order valence-corrected chi connectivity index (χ0v) is 16.5. The second-order valence-corrected chi connectivity index (χ2v) is 7.38. The number of anilines is 2. The topological polar surface area (TPSA) is 105 Å². The van der Waals surface area contributed by atoms with Gasteiger partial charge in [0.25, 0.3) is 5.88 Å². The zero-order valence-electron chi connectivity index (χ0n) is 16.5. The number of ether oxygens (including phenoxy) is 2. The molecular formula is C20H27N3O5. The number of pyridine rings is 1. The Hall–Kier alpha value is -2.61. The molecular weight excluding hydrogens is 362 g/mol. The number of carbonyl (C=O) groups is 2. The number of aromatic nitrogens is 1. The van der Waals surface area contributed by atoms with E-state index < -0.39 is 17.8 Å². The van der Waals surface area contributed by atoms with Crippen LogP contribution in [0.2, 0.25) is 0 Å². The standard InChI is InChI=1S/C20H27N3O5/c1-12-10-14(15(20(25)26)11-13(12)2)19(24)21-16-4-5-17(27-3)22-18(16)23-6-8-28-9-7-23/h4-5,14-15H,6-11H2,1-3H3,(H,21,24)(H,25,26)/t14-,15+/m1/s1. The summed E-state index contributed by atoms with van der Waals surface area (Å²) < 4.78 is 10.7. The molecule has 2 aliphatic rings. The first-order valence-corrected chi connectivity index (χ1v) is 9.50. The second kappa shape index (κ2) is 8.60. The van der Waals surface area contributed by atoms with Crippen LogP contribution in [-0.2, 0) is 14.3 Å². The van der Waals surface area contributed by atoms with E-state index in [9.17, 15) is 14.7 Å². The lowest BCUT2D eigenvalue weighted by Crippen LogP contribution is -2.43. The predicted octanol–water partition coefficient (Wildman–Crippen LogP) is 0.397. The third-order valence-corrected chi connectivity index (χ3v) is 5.61. The lowest BCUT2D eigenvalue weighted by Gasteiger charge is -2.33. The normalized spacial score (nSPS) is 22.8. The van der Waals surface area contributed by atoms with Crippen LogP contribution in [0.3, 0.4) is 0 Å². The highest BCUT2D eigenvalue weighted by atomic mass is 16.5. The maximum atomic E-state index is 13.0. The number of amides is 1. The quantitative estimate of drug-likeness (QED) is 0.731. The molecule has 3 rings (SSSR count). The first kappa shape index (κ1) is 20.1. The molecule has 2 N–H and O–H groups in total. The molecule has 1 aliphatic carbocycles. The molecule has 1 fully saturated rings. The Kier molecular flexibility index (Phi) is 6.18. The van der Waals surface area contributed by atoms with Gasteiger partial charge in [0.05, 0.1) is 26.2 Å². The lowest BCUT2D eigenvalue weighted by atomic mass is 9.76. The molecule has 1 amide bonds. The largest absolute Gasteiger partial charge is 0.550 e. The molecule has 152 valence electrons. The number of aliphatic carboxylic acids is 1. The van der Waals surface area contributed by atoms with Crippen molar-refractivity contribution < 1.29 is 29.2 Å². The second-order valence-electron chi connectivity index (χ2n) is 7.38. The van der Waals surface area contributed by atoms with Crippen molar-refractivity contribution in [2.75, 3.05) is 43.6 Å². The van der Waals surface area contributed by atoms with Gasteiger partial charge in [-0.3, -0.25) is 9.69 Å². The molecule has 8 heteroatoms. The van der Waals surface area contributed by atoms with Gasteiger partial charge in [0.2, 0.25) is 5.91 Å². The summed E-state index contributed by atoms with van der Waals surface area (Å²) in [6, 6.07) is 3.49. The molecule has 0 spiro atoms. The third kappa shape index (κ3) is 4.27. The van der Waals surface area contributed by atoms with Crippen LogP contribution < -0.4 is 25.0 Å². The average molecular weight is 389 g/mol. The van der Waals surface area contributed by atoms with E-state index in [0.717, 1.165) is 17.0 Å². The van der Waals surface area contributed by atoms with E-state index in [1.54, 1.807) is 19.2 Å². The van der Waals surface area contributed by atoms with Gasteiger partial charge in [-0.1, -0.05) is 11.1 Å². The maximum absolute atomic E-state index is 13.0. The Morgan fingerprint density at radius 2 is 1.82 bits per heavy atom. The summed E-state index contributed by atoms with van der Waals surface area (Å²) in [6.45, 7) is 6.40. The number of nitrogens with zero attached hydrogens (tertiary/aromatic N) is 1. The summed E-state index contributed by atoms with van der Waals surface area (Å²) in [5.74, 6) is -1.68. The number of carboxylic acids is 1. The highest BCUT2D eigenvalue weighted by Gasteiger charge is 2.35. The third-order valence-electron chi connectivity index (χ3n) is 5.61. The van der Waals surface area contributed by atoms with Gasteiger partial charge in [-0.15, -0.1) is 0 Å². The van der Waals surface area contributed by atoms with Crippen molar-refractivity contribution in [3.8, 4) is 5.88 Å². The van der Waals surface area contributed by atoms with E-state index in [1.807, 2.05) is 13.8 Å². The van der Waals surface area contributed by atoms with Crippen molar-refractivity contribution in [3.63, 3.8) is 0 Å². The van der Waals surface area contributed by atoms with Gasteiger partial charge in [0, 0.05) is 18.0 Å². The molecule has 0 aromatic carbocycles. The van der Waals surface area contributed by atoms with Gasteiger partial charge in [-0.2, -0.15) is 0 Å². The fourth-order valence-corrected chi connectivity index (χ4v) is 3.76. The van der Waals surface area contributed by atoms with Crippen LogP contribution in [0.15, 0.2) is 23.3 Å². The van der Waals surface area contributed by atoms with Crippen molar-refractivity contribution >= 4 is 23.4 Å². The molecule has 0 bridgehead atoms. The summed E-state index contributed by atoms with van der Waals surface area (Å²) in [5, 5.41) is 14.5. The summed E-state index contributed by atoms with van der Waals surface area (Å²) in [5.41, 5.74) is 2.67. The molecule has 1 aromatic heterocycles. The predicted molar refractivity (Wildman–Crippen MR) is 101 cm³/mol. The number of aromatic amines is 1. The number of H-pyrrole nitrogens is 1. The number of nitrogens with one attached hydrogen (secondary N) is 2. The Morgan fingerprint density at radius 1 is 1.18 bits per heavy atom. The minimum Gasteiger partial charge on any atom is -0.550 e. The molecule has 1 saturated heterocycles. The van der Waals surface area contributed by atoms with Crippen LogP contribution in [0.4, 0.5) is 11.5 Å². The van der Waals surface area contributed by atoms with Crippen LogP contribution in [0.5, 0.6) is 5.88 Å². The first-order valence-electron chi connectivity index (χ1n) is 9.50. The van der Waals surface area contributed by atoms with E-state index in [4.69, 9.17) is 9.47 Å². The molecule has 1 aromatic rings. The Labute approximate surface area is 164 Å². The molecule has 0 saturated carbocycles. The lowest BCUT2D eigenvalue weighted by molar-refractivity contribution is -0.379. The van der Waals surface area contributed by atoms with Gasteiger partial charge >= 0.3 is 5.82 Å².